The summed E-state index contributed by atoms with van der Waals surface area (Å²) >= 11 is 0. The smallest absolute Gasteiger partial charge is 0.191 e. The minimum atomic E-state index is -0.817. The SMILES string of the molecule is CN=C(NCCS(=O)C(C)(C)C)NC1CC=CC1.I. The van der Waals surface area contributed by atoms with E-state index in [9.17, 15) is 4.21 Å². The van der Waals surface area contributed by atoms with Gasteiger partial charge in [-0.1, -0.05) is 12.2 Å². The Morgan fingerprint density at radius 2 is 1.95 bits per heavy atom. The molecule has 0 aromatic carbocycles. The molecule has 0 saturated heterocycles. The number of rotatable bonds is 4. The van der Waals surface area contributed by atoms with Gasteiger partial charge in [0.05, 0.1) is 0 Å². The number of nitrogens with one attached hydrogen (secondary N) is 2. The maximum Gasteiger partial charge on any atom is 0.191 e. The van der Waals surface area contributed by atoms with Crippen molar-refractivity contribution < 1.29 is 4.21 Å². The van der Waals surface area contributed by atoms with Crippen molar-refractivity contribution in [2.45, 2.75) is 44.4 Å². The number of hydrogen-bond acceptors (Lipinski definition) is 2. The van der Waals surface area contributed by atoms with Gasteiger partial charge < -0.3 is 10.6 Å². The first kappa shape index (κ1) is 18.9. The highest BCUT2D eigenvalue weighted by Crippen LogP contribution is 2.10. The molecule has 1 aliphatic carbocycles. The molecule has 0 spiro atoms. The minimum Gasteiger partial charge on any atom is -0.355 e. The van der Waals surface area contributed by atoms with Crippen molar-refractivity contribution >= 4 is 40.7 Å². The predicted molar refractivity (Wildman–Crippen MR) is 94.8 cm³/mol. The van der Waals surface area contributed by atoms with Gasteiger partial charge >= 0.3 is 0 Å². The number of nitrogens with zero attached hydrogens (tertiary/aromatic N) is 1. The van der Waals surface area contributed by atoms with E-state index >= 15 is 0 Å². The Kier molecular flexibility index (Phi) is 8.89. The molecule has 0 aliphatic heterocycles. The number of halogens is 1. The van der Waals surface area contributed by atoms with Crippen molar-refractivity contribution in [3.8, 4) is 0 Å². The quantitative estimate of drug-likeness (QED) is 0.329. The van der Waals surface area contributed by atoms with Gasteiger partial charge in [0.1, 0.15) is 0 Å². The maximum atomic E-state index is 11.9. The fraction of sp³-hybridized carbons (Fsp3) is 0.769. The van der Waals surface area contributed by atoms with Crippen LogP contribution in [0.25, 0.3) is 0 Å². The third kappa shape index (κ3) is 7.29. The van der Waals surface area contributed by atoms with Crippen molar-refractivity contribution in [2.75, 3.05) is 19.3 Å². The van der Waals surface area contributed by atoms with Crippen LogP contribution in [0.2, 0.25) is 0 Å². The molecule has 0 saturated carbocycles. The molecule has 1 rings (SSSR count). The van der Waals surface area contributed by atoms with E-state index < -0.39 is 10.8 Å². The summed E-state index contributed by atoms with van der Waals surface area (Å²) in [6, 6.07) is 0.448. The molecule has 2 N–H and O–H groups in total. The van der Waals surface area contributed by atoms with Crippen molar-refractivity contribution in [3.63, 3.8) is 0 Å². The van der Waals surface area contributed by atoms with E-state index in [0.717, 1.165) is 18.8 Å². The second-order valence-electron chi connectivity index (χ2n) is 5.45. The van der Waals surface area contributed by atoms with Gasteiger partial charge in [0.25, 0.3) is 0 Å². The fourth-order valence-corrected chi connectivity index (χ4v) is 2.59. The van der Waals surface area contributed by atoms with Crippen LogP contribution in [0.3, 0.4) is 0 Å². The molecular weight excluding hydrogens is 373 g/mol. The van der Waals surface area contributed by atoms with Crippen molar-refractivity contribution in [3.05, 3.63) is 12.2 Å². The second-order valence-corrected chi connectivity index (χ2v) is 7.77. The average Bonchev–Trinajstić information content (AvgIpc) is 2.79. The lowest BCUT2D eigenvalue weighted by Crippen LogP contribution is -2.44. The Labute approximate surface area is 136 Å². The van der Waals surface area contributed by atoms with Crippen LogP contribution < -0.4 is 10.6 Å². The van der Waals surface area contributed by atoms with Crippen molar-refractivity contribution in [1.82, 2.24) is 10.6 Å². The van der Waals surface area contributed by atoms with E-state index in [2.05, 4.69) is 27.8 Å². The largest absolute Gasteiger partial charge is 0.355 e. The van der Waals surface area contributed by atoms with Gasteiger partial charge in [-0.15, -0.1) is 24.0 Å². The number of hydrogen-bond donors (Lipinski definition) is 2. The summed E-state index contributed by atoms with van der Waals surface area (Å²) in [4.78, 5) is 4.18. The summed E-state index contributed by atoms with van der Waals surface area (Å²) in [5.74, 6) is 1.45. The van der Waals surface area contributed by atoms with Gasteiger partial charge in [-0.2, -0.15) is 0 Å². The third-order valence-electron chi connectivity index (χ3n) is 2.84. The van der Waals surface area contributed by atoms with Gasteiger partial charge in [-0.05, 0) is 33.6 Å². The van der Waals surface area contributed by atoms with E-state index in [1.165, 1.54) is 0 Å². The number of aliphatic imine (C=N–C) groups is 1. The summed E-state index contributed by atoms with van der Waals surface area (Å²) < 4.78 is 11.7. The zero-order valence-electron chi connectivity index (χ0n) is 12.2. The van der Waals surface area contributed by atoms with Crippen molar-refractivity contribution in [2.24, 2.45) is 4.99 Å². The molecule has 0 bridgehead atoms. The Hall–Kier alpha value is -0.110. The first-order valence-corrected chi connectivity index (χ1v) is 7.76. The molecule has 6 heteroatoms. The zero-order valence-corrected chi connectivity index (χ0v) is 15.4. The van der Waals surface area contributed by atoms with Gasteiger partial charge in [0.15, 0.2) is 5.96 Å². The third-order valence-corrected chi connectivity index (χ3v) is 4.78. The molecule has 0 amide bonds. The Balaban J connectivity index is 0.00000324. The van der Waals surface area contributed by atoms with Crippen LogP contribution in [0.1, 0.15) is 33.6 Å². The summed E-state index contributed by atoms with van der Waals surface area (Å²) in [6.45, 7) is 6.69. The molecular formula is C13H26IN3OS. The van der Waals surface area contributed by atoms with Gasteiger partial charge in [-0.25, -0.2) is 0 Å². The lowest BCUT2D eigenvalue weighted by Gasteiger charge is -2.20. The minimum absolute atomic E-state index is 0. The van der Waals surface area contributed by atoms with Crippen LogP contribution in [-0.4, -0.2) is 40.3 Å². The topological polar surface area (TPSA) is 53.5 Å². The van der Waals surface area contributed by atoms with E-state index in [4.69, 9.17) is 0 Å². The number of guanidine groups is 1. The Morgan fingerprint density at radius 3 is 2.42 bits per heavy atom. The highest BCUT2D eigenvalue weighted by Gasteiger charge is 2.19. The highest BCUT2D eigenvalue weighted by atomic mass is 127. The summed E-state index contributed by atoms with van der Waals surface area (Å²) in [6.07, 6.45) is 6.46. The molecule has 0 aromatic heterocycles. The lowest BCUT2D eigenvalue weighted by atomic mass is 10.2. The van der Waals surface area contributed by atoms with E-state index in [-0.39, 0.29) is 28.7 Å². The van der Waals surface area contributed by atoms with Crippen LogP contribution in [0.15, 0.2) is 17.1 Å². The molecule has 1 unspecified atom stereocenters. The Morgan fingerprint density at radius 1 is 1.37 bits per heavy atom. The summed E-state index contributed by atoms with van der Waals surface area (Å²) in [5.41, 5.74) is 0. The second kappa shape index (κ2) is 8.94. The van der Waals surface area contributed by atoms with Crippen LogP contribution in [0, 0.1) is 0 Å². The van der Waals surface area contributed by atoms with Gasteiger partial charge in [0.2, 0.25) is 0 Å². The molecule has 1 atom stereocenters. The molecule has 0 heterocycles. The van der Waals surface area contributed by atoms with Gasteiger partial charge in [-0.3, -0.25) is 9.20 Å². The molecule has 4 nitrogen and oxygen atoms in total. The molecule has 0 aromatic rings. The zero-order chi connectivity index (χ0) is 13.6. The van der Waals surface area contributed by atoms with Crippen LogP contribution >= 0.6 is 24.0 Å². The van der Waals surface area contributed by atoms with E-state index in [1.54, 1.807) is 7.05 Å². The normalized spacial score (nSPS) is 18.0. The molecule has 112 valence electrons. The average molecular weight is 399 g/mol. The fourth-order valence-electron chi connectivity index (χ4n) is 1.69. The predicted octanol–water partition coefficient (Wildman–Crippen LogP) is 2.04. The standard InChI is InChI=1S/C13H25N3OS.HI/c1-13(2,3)18(17)10-9-15-12(14-4)16-11-7-5-6-8-11;/h5-6,11H,7-10H2,1-4H3,(H2,14,15,16);1H. The molecule has 0 fully saturated rings. The van der Waals surface area contributed by atoms with E-state index in [0.29, 0.717) is 18.3 Å². The first-order valence-electron chi connectivity index (χ1n) is 6.44. The molecule has 0 radical (unpaired) electrons. The summed E-state index contributed by atoms with van der Waals surface area (Å²) in [5, 5.41) is 6.57. The van der Waals surface area contributed by atoms with Crippen LogP contribution in [0.5, 0.6) is 0 Å². The maximum absolute atomic E-state index is 11.9. The molecule has 1 aliphatic rings. The van der Waals surface area contributed by atoms with Crippen LogP contribution in [0.4, 0.5) is 0 Å². The van der Waals surface area contributed by atoms with Crippen LogP contribution in [-0.2, 0) is 10.8 Å². The first-order chi connectivity index (χ1) is 8.43. The molecule has 19 heavy (non-hydrogen) atoms. The van der Waals surface area contributed by atoms with E-state index in [1.807, 2.05) is 20.8 Å². The summed E-state index contributed by atoms with van der Waals surface area (Å²) in [7, 11) is 0.945. The Bertz CT molecular complexity index is 342. The monoisotopic (exact) mass is 399 g/mol. The van der Waals surface area contributed by atoms with Crippen molar-refractivity contribution in [1.29, 1.82) is 0 Å². The lowest BCUT2D eigenvalue weighted by molar-refractivity contribution is 0.632. The van der Waals surface area contributed by atoms with Gasteiger partial charge in [0, 0.05) is 40.9 Å². The highest BCUT2D eigenvalue weighted by molar-refractivity contribution is 14.0.